The number of ether oxygens (including phenoxy) is 1. The van der Waals surface area contributed by atoms with Gasteiger partial charge in [0.05, 0.1) is 12.2 Å². The molecular weight excluding hydrogens is 334 g/mol. The first-order chi connectivity index (χ1) is 12.2. The number of fused-ring (bicyclic) bond motifs is 3. The first-order valence-corrected chi connectivity index (χ1v) is 10.6. The Morgan fingerprint density at radius 3 is 2.72 bits per heavy atom. The lowest BCUT2D eigenvalue weighted by Gasteiger charge is -2.20. The third-order valence-electron chi connectivity index (χ3n) is 6.21. The minimum absolute atomic E-state index is 0.120. The predicted octanol–water partition coefficient (Wildman–Crippen LogP) is 4.57. The highest BCUT2D eigenvalue weighted by molar-refractivity contribution is 7.17. The number of amides is 1. The van der Waals surface area contributed by atoms with Gasteiger partial charge >= 0.3 is 5.97 Å². The number of rotatable bonds is 4. The molecule has 0 spiro atoms. The highest BCUT2D eigenvalue weighted by Gasteiger charge is 2.43. The van der Waals surface area contributed by atoms with E-state index in [2.05, 4.69) is 5.32 Å². The Labute approximate surface area is 153 Å². The maximum atomic E-state index is 12.9. The SMILES string of the molecule is CCOC(=O)c1c(NC(=O)C2CC3CCC2C3)sc2c1CCCCC2. The van der Waals surface area contributed by atoms with Gasteiger partial charge in [0.15, 0.2) is 0 Å². The molecule has 4 rings (SSSR count). The van der Waals surface area contributed by atoms with E-state index in [1.807, 2.05) is 6.92 Å². The van der Waals surface area contributed by atoms with Gasteiger partial charge in [0, 0.05) is 10.8 Å². The fourth-order valence-corrected chi connectivity index (χ4v) is 6.30. The molecule has 0 aromatic carbocycles. The van der Waals surface area contributed by atoms with Crippen molar-refractivity contribution >= 4 is 28.2 Å². The molecule has 1 amide bonds. The van der Waals surface area contributed by atoms with Crippen LogP contribution in [0.2, 0.25) is 0 Å². The minimum atomic E-state index is -0.273. The van der Waals surface area contributed by atoms with E-state index in [-0.39, 0.29) is 17.8 Å². The van der Waals surface area contributed by atoms with Crippen molar-refractivity contribution in [2.24, 2.45) is 17.8 Å². The van der Waals surface area contributed by atoms with Gasteiger partial charge in [0.2, 0.25) is 5.91 Å². The molecule has 1 aromatic heterocycles. The van der Waals surface area contributed by atoms with Crippen LogP contribution in [0.5, 0.6) is 0 Å². The van der Waals surface area contributed by atoms with E-state index in [4.69, 9.17) is 4.74 Å². The fraction of sp³-hybridized carbons (Fsp3) is 0.700. The highest BCUT2D eigenvalue weighted by Crippen LogP contribution is 2.49. The molecule has 3 atom stereocenters. The average Bonchev–Trinajstić information content (AvgIpc) is 3.26. The Morgan fingerprint density at radius 2 is 2.00 bits per heavy atom. The molecule has 1 heterocycles. The quantitative estimate of drug-likeness (QED) is 0.631. The maximum Gasteiger partial charge on any atom is 0.341 e. The average molecular weight is 362 g/mol. The van der Waals surface area contributed by atoms with Gasteiger partial charge in [0.25, 0.3) is 0 Å². The van der Waals surface area contributed by atoms with Gasteiger partial charge in [-0.3, -0.25) is 4.79 Å². The third kappa shape index (κ3) is 3.23. The molecule has 3 aliphatic carbocycles. The van der Waals surface area contributed by atoms with Crippen LogP contribution in [0.25, 0.3) is 0 Å². The van der Waals surface area contributed by atoms with Crippen molar-refractivity contribution < 1.29 is 14.3 Å². The second-order valence-corrected chi connectivity index (χ2v) is 8.86. The molecular formula is C20H27NO3S. The molecule has 5 heteroatoms. The molecule has 136 valence electrons. The van der Waals surface area contributed by atoms with Crippen molar-refractivity contribution in [1.29, 1.82) is 0 Å². The van der Waals surface area contributed by atoms with E-state index in [9.17, 15) is 9.59 Å². The number of carbonyl (C=O) groups excluding carboxylic acids is 2. The van der Waals surface area contributed by atoms with E-state index < -0.39 is 0 Å². The number of thiophene rings is 1. The number of hydrogen-bond acceptors (Lipinski definition) is 4. The third-order valence-corrected chi connectivity index (χ3v) is 7.42. The molecule has 1 aromatic rings. The summed E-state index contributed by atoms with van der Waals surface area (Å²) in [5.74, 6) is 1.27. The van der Waals surface area contributed by atoms with E-state index >= 15 is 0 Å². The summed E-state index contributed by atoms with van der Waals surface area (Å²) in [6.45, 7) is 2.19. The van der Waals surface area contributed by atoms with E-state index in [0.29, 0.717) is 18.1 Å². The maximum absolute atomic E-state index is 12.9. The molecule has 25 heavy (non-hydrogen) atoms. The summed E-state index contributed by atoms with van der Waals surface area (Å²) in [6.07, 6.45) is 10.1. The van der Waals surface area contributed by atoms with Crippen LogP contribution in [0.15, 0.2) is 0 Å². The van der Waals surface area contributed by atoms with E-state index in [1.165, 1.54) is 30.6 Å². The Morgan fingerprint density at radius 1 is 1.16 bits per heavy atom. The lowest BCUT2D eigenvalue weighted by atomic mass is 9.88. The van der Waals surface area contributed by atoms with Gasteiger partial charge in [-0.2, -0.15) is 0 Å². The van der Waals surface area contributed by atoms with Crippen molar-refractivity contribution in [2.75, 3.05) is 11.9 Å². The van der Waals surface area contributed by atoms with Crippen LogP contribution in [-0.4, -0.2) is 18.5 Å². The van der Waals surface area contributed by atoms with Gasteiger partial charge in [-0.05, 0) is 69.3 Å². The largest absolute Gasteiger partial charge is 0.462 e. The standard InChI is InChI=1S/C20H27NO3S/c1-2-24-20(23)17-14-6-4-3-5-7-16(14)25-19(17)21-18(22)15-11-12-8-9-13(15)10-12/h12-13,15H,2-11H2,1H3,(H,21,22). The van der Waals surface area contributed by atoms with Crippen molar-refractivity contribution in [3.05, 3.63) is 16.0 Å². The highest BCUT2D eigenvalue weighted by atomic mass is 32.1. The Kier molecular flexibility index (Phi) is 4.85. The van der Waals surface area contributed by atoms with Crippen LogP contribution in [0.4, 0.5) is 5.00 Å². The lowest BCUT2D eigenvalue weighted by Crippen LogP contribution is -2.27. The Balaban J connectivity index is 1.59. The summed E-state index contributed by atoms with van der Waals surface area (Å²) in [7, 11) is 0. The van der Waals surface area contributed by atoms with Gasteiger partial charge in [-0.25, -0.2) is 4.79 Å². The smallest absolute Gasteiger partial charge is 0.341 e. The zero-order valence-electron chi connectivity index (χ0n) is 14.9. The number of anilines is 1. The van der Waals surface area contributed by atoms with Crippen LogP contribution < -0.4 is 5.32 Å². The molecule has 2 saturated carbocycles. The number of hydrogen-bond donors (Lipinski definition) is 1. The summed E-state index contributed by atoms with van der Waals surface area (Å²) in [5, 5.41) is 3.87. The van der Waals surface area contributed by atoms with E-state index in [0.717, 1.165) is 48.6 Å². The zero-order chi connectivity index (χ0) is 17.4. The molecule has 0 aliphatic heterocycles. The molecule has 3 unspecified atom stereocenters. The van der Waals surface area contributed by atoms with Gasteiger partial charge in [-0.15, -0.1) is 11.3 Å². The number of esters is 1. The second kappa shape index (κ2) is 7.10. The van der Waals surface area contributed by atoms with Crippen LogP contribution in [0, 0.1) is 17.8 Å². The molecule has 0 radical (unpaired) electrons. The molecule has 4 nitrogen and oxygen atoms in total. The predicted molar refractivity (Wildman–Crippen MR) is 99.1 cm³/mol. The van der Waals surface area contributed by atoms with Crippen LogP contribution in [0.1, 0.15) is 72.7 Å². The Bertz CT molecular complexity index is 681. The summed E-state index contributed by atoms with van der Waals surface area (Å²) < 4.78 is 5.31. The monoisotopic (exact) mass is 361 g/mol. The van der Waals surface area contributed by atoms with Crippen LogP contribution in [-0.2, 0) is 22.4 Å². The molecule has 1 N–H and O–H groups in total. The molecule has 2 bridgehead atoms. The summed E-state index contributed by atoms with van der Waals surface area (Å²) in [5.41, 5.74) is 1.77. The zero-order valence-corrected chi connectivity index (χ0v) is 15.8. The van der Waals surface area contributed by atoms with Crippen LogP contribution in [0.3, 0.4) is 0 Å². The topological polar surface area (TPSA) is 55.4 Å². The van der Waals surface area contributed by atoms with Gasteiger partial charge < -0.3 is 10.1 Å². The first kappa shape index (κ1) is 17.1. The fourth-order valence-electron chi connectivity index (χ4n) is 5.02. The number of aryl methyl sites for hydroxylation is 1. The van der Waals surface area contributed by atoms with E-state index in [1.54, 1.807) is 11.3 Å². The van der Waals surface area contributed by atoms with Crippen molar-refractivity contribution in [3.8, 4) is 0 Å². The van der Waals surface area contributed by atoms with Crippen molar-refractivity contribution in [1.82, 2.24) is 0 Å². The van der Waals surface area contributed by atoms with Crippen LogP contribution >= 0.6 is 11.3 Å². The molecule has 2 fully saturated rings. The first-order valence-electron chi connectivity index (χ1n) is 9.80. The second-order valence-electron chi connectivity index (χ2n) is 7.76. The molecule has 0 saturated heterocycles. The lowest BCUT2D eigenvalue weighted by molar-refractivity contribution is -0.121. The molecule has 3 aliphatic rings. The van der Waals surface area contributed by atoms with Gasteiger partial charge in [0.1, 0.15) is 5.00 Å². The number of nitrogens with one attached hydrogen (secondary N) is 1. The summed E-state index contributed by atoms with van der Waals surface area (Å²) in [4.78, 5) is 26.7. The summed E-state index contributed by atoms with van der Waals surface area (Å²) in [6, 6.07) is 0. The van der Waals surface area contributed by atoms with Crippen molar-refractivity contribution in [2.45, 2.75) is 64.7 Å². The summed E-state index contributed by atoms with van der Waals surface area (Å²) >= 11 is 1.60. The minimum Gasteiger partial charge on any atom is -0.462 e. The normalized spacial score (nSPS) is 27.6. The van der Waals surface area contributed by atoms with Crippen molar-refractivity contribution in [3.63, 3.8) is 0 Å². The Hall–Kier alpha value is -1.36. The van der Waals surface area contributed by atoms with Gasteiger partial charge in [-0.1, -0.05) is 12.8 Å². The number of carbonyl (C=O) groups is 2.